The summed E-state index contributed by atoms with van der Waals surface area (Å²) in [4.78, 5) is 16.2. The Hall–Kier alpha value is -2.88. The van der Waals surface area contributed by atoms with Gasteiger partial charge in [0.25, 0.3) is 0 Å². The van der Waals surface area contributed by atoms with Crippen molar-refractivity contribution in [2.45, 2.75) is 13.8 Å². The molecule has 0 fully saturated rings. The lowest BCUT2D eigenvalue weighted by Crippen LogP contribution is -2.09. The lowest BCUT2D eigenvalue weighted by atomic mass is 10.0. The van der Waals surface area contributed by atoms with Gasteiger partial charge in [-0.15, -0.1) is 0 Å². The molecule has 0 atom stereocenters. The van der Waals surface area contributed by atoms with Crippen LogP contribution in [0.1, 0.15) is 16.7 Å². The number of nitrogens with zero attached hydrogens (tertiary/aromatic N) is 1. The van der Waals surface area contributed by atoms with Crippen LogP contribution in [0, 0.1) is 13.8 Å². The molecule has 1 N–H and O–H groups in total. The predicted octanol–water partition coefficient (Wildman–Crippen LogP) is 4.15. The number of aryl methyl sites for hydroxylation is 2. The SMILES string of the molecule is COC(=O)C(C=Nc1ccccc1)=C(O)c1ccc(C)c(C)c1. The summed E-state index contributed by atoms with van der Waals surface area (Å²) in [6.45, 7) is 3.93. The summed E-state index contributed by atoms with van der Waals surface area (Å²) in [5.74, 6) is -0.792. The third-order valence-electron chi connectivity index (χ3n) is 3.54. The average Bonchev–Trinajstić information content (AvgIpc) is 2.58. The number of rotatable bonds is 4. The van der Waals surface area contributed by atoms with Crippen LogP contribution in [0.3, 0.4) is 0 Å². The Labute approximate surface area is 135 Å². The topological polar surface area (TPSA) is 58.9 Å². The first-order valence-electron chi connectivity index (χ1n) is 7.21. The number of aliphatic hydroxyl groups excluding tert-OH is 1. The van der Waals surface area contributed by atoms with Crippen LogP contribution in [0.15, 0.2) is 59.1 Å². The maximum Gasteiger partial charge on any atom is 0.343 e. The minimum atomic E-state index is -0.639. The Kier molecular flexibility index (Phi) is 5.31. The number of benzene rings is 2. The summed E-state index contributed by atoms with van der Waals surface area (Å²) in [5.41, 5.74) is 3.38. The van der Waals surface area contributed by atoms with E-state index in [9.17, 15) is 9.90 Å². The molecule has 0 unspecified atom stereocenters. The quantitative estimate of drug-likeness (QED) is 0.399. The van der Waals surface area contributed by atoms with Crippen molar-refractivity contribution in [2.24, 2.45) is 4.99 Å². The smallest absolute Gasteiger partial charge is 0.343 e. The van der Waals surface area contributed by atoms with Gasteiger partial charge in [-0.1, -0.05) is 30.3 Å². The molecule has 4 nitrogen and oxygen atoms in total. The summed E-state index contributed by atoms with van der Waals surface area (Å²) in [6.07, 6.45) is 1.33. The van der Waals surface area contributed by atoms with Gasteiger partial charge in [0.1, 0.15) is 11.3 Å². The van der Waals surface area contributed by atoms with E-state index in [0.717, 1.165) is 11.1 Å². The molecule has 0 saturated carbocycles. The van der Waals surface area contributed by atoms with Gasteiger partial charge in [-0.3, -0.25) is 4.99 Å². The summed E-state index contributed by atoms with van der Waals surface area (Å²) in [6, 6.07) is 14.7. The van der Waals surface area contributed by atoms with Crippen molar-refractivity contribution < 1.29 is 14.6 Å². The van der Waals surface area contributed by atoms with Crippen molar-refractivity contribution in [3.8, 4) is 0 Å². The first-order chi connectivity index (χ1) is 11.0. The summed E-state index contributed by atoms with van der Waals surface area (Å²) >= 11 is 0. The van der Waals surface area contributed by atoms with Gasteiger partial charge in [-0.05, 0) is 43.2 Å². The van der Waals surface area contributed by atoms with Gasteiger partial charge >= 0.3 is 5.97 Å². The molecular weight excluding hydrogens is 290 g/mol. The molecule has 0 saturated heterocycles. The van der Waals surface area contributed by atoms with Crippen molar-refractivity contribution in [3.05, 3.63) is 70.8 Å². The van der Waals surface area contributed by atoms with Crippen molar-refractivity contribution in [2.75, 3.05) is 7.11 Å². The number of hydrogen-bond acceptors (Lipinski definition) is 4. The van der Waals surface area contributed by atoms with Crippen LogP contribution in [-0.2, 0) is 9.53 Å². The first-order valence-corrected chi connectivity index (χ1v) is 7.21. The van der Waals surface area contributed by atoms with Gasteiger partial charge in [0, 0.05) is 11.8 Å². The molecule has 2 aromatic rings. The Bertz CT molecular complexity index is 761. The van der Waals surface area contributed by atoms with Crippen LogP contribution < -0.4 is 0 Å². The van der Waals surface area contributed by atoms with E-state index < -0.39 is 5.97 Å². The zero-order chi connectivity index (χ0) is 16.8. The van der Waals surface area contributed by atoms with Crippen LogP contribution in [-0.4, -0.2) is 24.4 Å². The van der Waals surface area contributed by atoms with Crippen molar-refractivity contribution in [1.29, 1.82) is 0 Å². The highest BCUT2D eigenvalue weighted by Gasteiger charge is 2.16. The maximum atomic E-state index is 12.0. The molecule has 0 heterocycles. The van der Waals surface area contributed by atoms with Crippen LogP contribution in [0.4, 0.5) is 5.69 Å². The zero-order valence-corrected chi connectivity index (χ0v) is 13.4. The number of esters is 1. The Morgan fingerprint density at radius 1 is 1.09 bits per heavy atom. The number of carbonyl (C=O) groups is 1. The van der Waals surface area contributed by atoms with E-state index in [2.05, 4.69) is 4.99 Å². The van der Waals surface area contributed by atoms with Gasteiger partial charge in [0.2, 0.25) is 0 Å². The van der Waals surface area contributed by atoms with E-state index >= 15 is 0 Å². The highest BCUT2D eigenvalue weighted by Crippen LogP contribution is 2.20. The van der Waals surface area contributed by atoms with Crippen LogP contribution in [0.5, 0.6) is 0 Å². The van der Waals surface area contributed by atoms with Gasteiger partial charge in [-0.25, -0.2) is 4.79 Å². The number of hydrogen-bond donors (Lipinski definition) is 1. The van der Waals surface area contributed by atoms with Crippen molar-refractivity contribution in [1.82, 2.24) is 0 Å². The maximum absolute atomic E-state index is 12.0. The molecule has 0 spiro atoms. The fourth-order valence-electron chi connectivity index (χ4n) is 2.02. The van der Waals surface area contributed by atoms with E-state index in [4.69, 9.17) is 4.74 Å². The standard InChI is InChI=1S/C19H19NO3/c1-13-9-10-15(11-14(13)2)18(21)17(19(22)23-3)12-20-16-7-5-4-6-8-16/h4-12,21H,1-3H3. The molecule has 2 rings (SSSR count). The second-order valence-corrected chi connectivity index (χ2v) is 5.15. The van der Waals surface area contributed by atoms with Crippen LogP contribution in [0.25, 0.3) is 5.76 Å². The Morgan fingerprint density at radius 3 is 2.39 bits per heavy atom. The summed E-state index contributed by atoms with van der Waals surface area (Å²) in [5, 5.41) is 10.5. The van der Waals surface area contributed by atoms with E-state index in [0.29, 0.717) is 11.3 Å². The molecule has 4 heteroatoms. The average molecular weight is 309 g/mol. The number of carbonyl (C=O) groups excluding carboxylic acids is 1. The second kappa shape index (κ2) is 7.40. The third kappa shape index (κ3) is 4.07. The number of aliphatic hydroxyl groups is 1. The summed E-state index contributed by atoms with van der Waals surface area (Å²) < 4.78 is 4.75. The van der Waals surface area contributed by atoms with E-state index in [1.807, 2.05) is 44.2 Å². The lowest BCUT2D eigenvalue weighted by molar-refractivity contribution is -0.135. The molecule has 0 aromatic heterocycles. The fourth-order valence-corrected chi connectivity index (χ4v) is 2.02. The lowest BCUT2D eigenvalue weighted by Gasteiger charge is -2.08. The number of ether oxygens (including phenoxy) is 1. The van der Waals surface area contributed by atoms with Gasteiger partial charge in [-0.2, -0.15) is 0 Å². The van der Waals surface area contributed by atoms with E-state index in [1.54, 1.807) is 18.2 Å². The van der Waals surface area contributed by atoms with Crippen molar-refractivity contribution >= 4 is 23.6 Å². The van der Waals surface area contributed by atoms with Gasteiger partial charge in [0.15, 0.2) is 0 Å². The largest absolute Gasteiger partial charge is 0.506 e. The predicted molar refractivity (Wildman–Crippen MR) is 92.1 cm³/mol. The van der Waals surface area contributed by atoms with E-state index in [-0.39, 0.29) is 11.3 Å². The third-order valence-corrected chi connectivity index (χ3v) is 3.54. The number of methoxy groups -OCH3 is 1. The minimum Gasteiger partial charge on any atom is -0.506 e. The van der Waals surface area contributed by atoms with Crippen LogP contribution >= 0.6 is 0 Å². The molecule has 0 amide bonds. The Balaban J connectivity index is 2.45. The van der Waals surface area contributed by atoms with Gasteiger partial charge in [0.05, 0.1) is 12.8 Å². The monoisotopic (exact) mass is 309 g/mol. The highest BCUT2D eigenvalue weighted by atomic mass is 16.5. The number of para-hydroxylation sites is 1. The normalized spacial score (nSPS) is 12.1. The minimum absolute atomic E-state index is 0.0135. The van der Waals surface area contributed by atoms with Crippen LogP contribution in [0.2, 0.25) is 0 Å². The molecular formula is C19H19NO3. The zero-order valence-electron chi connectivity index (χ0n) is 13.4. The molecule has 0 aliphatic carbocycles. The second-order valence-electron chi connectivity index (χ2n) is 5.15. The van der Waals surface area contributed by atoms with Gasteiger partial charge < -0.3 is 9.84 Å². The molecule has 0 radical (unpaired) electrons. The van der Waals surface area contributed by atoms with E-state index in [1.165, 1.54) is 13.3 Å². The molecule has 0 aliphatic heterocycles. The number of aliphatic imine (C=N–C) groups is 1. The summed E-state index contributed by atoms with van der Waals surface area (Å²) in [7, 11) is 1.27. The molecule has 2 aromatic carbocycles. The fraction of sp³-hybridized carbons (Fsp3) is 0.158. The molecule has 0 aliphatic rings. The molecule has 118 valence electrons. The molecule has 0 bridgehead atoms. The molecule has 23 heavy (non-hydrogen) atoms. The van der Waals surface area contributed by atoms with Crippen molar-refractivity contribution in [3.63, 3.8) is 0 Å². The highest BCUT2D eigenvalue weighted by molar-refractivity contribution is 6.15. The first kappa shape index (κ1) is 16.5. The Morgan fingerprint density at radius 2 is 1.78 bits per heavy atom.